The number of hydrogen-bond acceptors (Lipinski definition) is 4. The van der Waals surface area contributed by atoms with Crippen LogP contribution in [0.1, 0.15) is 78.2 Å². The lowest BCUT2D eigenvalue weighted by Crippen LogP contribution is -2.42. The van der Waals surface area contributed by atoms with Crippen LogP contribution >= 0.6 is 0 Å². The Morgan fingerprint density at radius 2 is 1.83 bits per heavy atom. The van der Waals surface area contributed by atoms with Gasteiger partial charge in [-0.1, -0.05) is 30.5 Å². The Labute approximate surface area is 178 Å². The number of rotatable bonds is 4. The molecule has 160 valence electrons. The van der Waals surface area contributed by atoms with Gasteiger partial charge >= 0.3 is 0 Å². The fraction of sp³-hybridized carbons (Fsp3) is 0.542. The minimum atomic E-state index is -0.303. The van der Waals surface area contributed by atoms with Gasteiger partial charge in [0.15, 0.2) is 0 Å². The highest BCUT2D eigenvalue weighted by molar-refractivity contribution is 6.02. The molecule has 2 fully saturated rings. The maximum absolute atomic E-state index is 12.9. The number of carbonyl (C=O) groups excluding carboxylic acids is 2. The third-order valence-corrected chi connectivity index (χ3v) is 6.62. The molecular weight excluding hydrogens is 378 g/mol. The monoisotopic (exact) mass is 409 g/mol. The van der Waals surface area contributed by atoms with Gasteiger partial charge in [-0.3, -0.25) is 9.59 Å². The maximum Gasteiger partial charge on any atom is 0.294 e. The quantitative estimate of drug-likeness (QED) is 0.785. The van der Waals surface area contributed by atoms with Crippen LogP contribution in [0.25, 0.3) is 0 Å². The number of benzene rings is 1. The zero-order chi connectivity index (χ0) is 21.1. The van der Waals surface area contributed by atoms with Crippen LogP contribution in [-0.4, -0.2) is 35.0 Å². The van der Waals surface area contributed by atoms with Gasteiger partial charge in [0.25, 0.3) is 5.91 Å². The molecule has 0 bridgehead atoms. The van der Waals surface area contributed by atoms with Gasteiger partial charge in [0, 0.05) is 36.7 Å². The Kier molecular flexibility index (Phi) is 6.21. The van der Waals surface area contributed by atoms with Crippen molar-refractivity contribution in [2.45, 2.75) is 64.7 Å². The highest BCUT2D eigenvalue weighted by Gasteiger charge is 2.31. The summed E-state index contributed by atoms with van der Waals surface area (Å²) in [5.41, 5.74) is 3.81. The zero-order valence-electron chi connectivity index (χ0n) is 17.9. The topological polar surface area (TPSA) is 75.4 Å². The number of hydrogen-bond donors (Lipinski definition) is 1. The predicted octanol–water partition coefficient (Wildman–Crippen LogP) is 4.83. The molecule has 2 heterocycles. The standard InChI is InChI=1S/C24H31N3O3/c1-16-10-11-20(13-17(16)2)25-23(28)22-14-21(26-30-22)19-9-6-12-27(15-19)24(29)18-7-4-3-5-8-18/h10-11,13-14,18-19H,3-9,12,15H2,1-2H3,(H,25,28)/t19-/m1/s1. The maximum atomic E-state index is 12.9. The molecule has 0 radical (unpaired) electrons. The number of piperidine rings is 1. The van der Waals surface area contributed by atoms with E-state index >= 15 is 0 Å². The number of anilines is 1. The summed E-state index contributed by atoms with van der Waals surface area (Å²) < 4.78 is 5.35. The Morgan fingerprint density at radius 3 is 2.60 bits per heavy atom. The van der Waals surface area contributed by atoms with Crippen LogP contribution in [-0.2, 0) is 4.79 Å². The second-order valence-electron chi connectivity index (χ2n) is 8.83. The Balaban J connectivity index is 1.39. The molecule has 1 atom stereocenters. The lowest BCUT2D eigenvalue weighted by molar-refractivity contribution is -0.137. The summed E-state index contributed by atoms with van der Waals surface area (Å²) in [4.78, 5) is 27.5. The summed E-state index contributed by atoms with van der Waals surface area (Å²) in [6.07, 6.45) is 7.53. The van der Waals surface area contributed by atoms with E-state index in [-0.39, 0.29) is 23.5 Å². The van der Waals surface area contributed by atoms with Crippen LogP contribution < -0.4 is 5.32 Å². The van der Waals surface area contributed by atoms with Crippen molar-refractivity contribution in [3.05, 3.63) is 46.8 Å². The highest BCUT2D eigenvalue weighted by Crippen LogP contribution is 2.31. The van der Waals surface area contributed by atoms with Crippen molar-refractivity contribution in [2.75, 3.05) is 18.4 Å². The van der Waals surface area contributed by atoms with E-state index in [1.165, 1.54) is 12.0 Å². The van der Waals surface area contributed by atoms with E-state index in [4.69, 9.17) is 4.52 Å². The van der Waals surface area contributed by atoms with E-state index in [1.54, 1.807) is 6.07 Å². The van der Waals surface area contributed by atoms with Gasteiger partial charge in [-0.2, -0.15) is 0 Å². The van der Waals surface area contributed by atoms with E-state index in [0.29, 0.717) is 12.5 Å². The van der Waals surface area contributed by atoms with Crippen LogP contribution in [0, 0.1) is 19.8 Å². The molecule has 0 spiro atoms. The molecule has 4 rings (SSSR count). The van der Waals surface area contributed by atoms with Crippen molar-refractivity contribution in [3.8, 4) is 0 Å². The van der Waals surface area contributed by atoms with Gasteiger partial charge in [-0.25, -0.2) is 0 Å². The Bertz CT molecular complexity index is 914. The van der Waals surface area contributed by atoms with E-state index in [9.17, 15) is 9.59 Å². The van der Waals surface area contributed by atoms with Crippen molar-refractivity contribution in [2.24, 2.45) is 5.92 Å². The molecule has 1 aromatic carbocycles. The molecular formula is C24H31N3O3. The summed E-state index contributed by atoms with van der Waals surface area (Å²) in [6.45, 7) is 5.54. The summed E-state index contributed by atoms with van der Waals surface area (Å²) >= 11 is 0. The number of aromatic nitrogens is 1. The number of nitrogens with zero attached hydrogens (tertiary/aromatic N) is 2. The molecule has 6 heteroatoms. The average molecular weight is 410 g/mol. The van der Waals surface area contributed by atoms with Crippen LogP contribution in [0.15, 0.2) is 28.8 Å². The van der Waals surface area contributed by atoms with Gasteiger partial charge in [0.05, 0.1) is 5.69 Å². The second kappa shape index (κ2) is 9.02. The first kappa shape index (κ1) is 20.6. The number of likely N-dealkylation sites (tertiary alicyclic amines) is 1. The summed E-state index contributed by atoms with van der Waals surface area (Å²) in [5, 5.41) is 7.04. The zero-order valence-corrected chi connectivity index (χ0v) is 17.9. The van der Waals surface area contributed by atoms with Gasteiger partial charge in [-0.05, 0) is 62.8 Å². The van der Waals surface area contributed by atoms with E-state index in [2.05, 4.69) is 10.5 Å². The Hall–Kier alpha value is -2.63. The van der Waals surface area contributed by atoms with Crippen molar-refractivity contribution in [3.63, 3.8) is 0 Å². The number of nitrogens with one attached hydrogen (secondary N) is 1. The lowest BCUT2D eigenvalue weighted by atomic mass is 9.87. The predicted molar refractivity (Wildman–Crippen MR) is 116 cm³/mol. The van der Waals surface area contributed by atoms with Crippen LogP contribution in [0.3, 0.4) is 0 Å². The number of carbonyl (C=O) groups is 2. The first-order chi connectivity index (χ1) is 14.5. The SMILES string of the molecule is Cc1ccc(NC(=O)c2cc([C@@H]3CCCN(C(=O)C4CCCCC4)C3)no2)cc1C. The molecule has 2 aromatic rings. The molecule has 1 aliphatic carbocycles. The highest BCUT2D eigenvalue weighted by atomic mass is 16.5. The molecule has 6 nitrogen and oxygen atoms in total. The molecule has 1 N–H and O–H groups in total. The van der Waals surface area contributed by atoms with Gasteiger partial charge in [-0.15, -0.1) is 0 Å². The van der Waals surface area contributed by atoms with Crippen molar-refractivity contribution in [1.29, 1.82) is 0 Å². The summed E-state index contributed by atoms with van der Waals surface area (Å²) in [7, 11) is 0. The molecule has 30 heavy (non-hydrogen) atoms. The summed E-state index contributed by atoms with van der Waals surface area (Å²) in [5.74, 6) is 0.518. The van der Waals surface area contributed by atoms with Gasteiger partial charge in [0.1, 0.15) is 0 Å². The van der Waals surface area contributed by atoms with Crippen LogP contribution in [0.5, 0.6) is 0 Å². The average Bonchev–Trinajstić information content (AvgIpc) is 3.27. The fourth-order valence-electron chi connectivity index (χ4n) is 4.63. The first-order valence-corrected chi connectivity index (χ1v) is 11.2. The minimum absolute atomic E-state index is 0.123. The molecule has 1 saturated carbocycles. The second-order valence-corrected chi connectivity index (χ2v) is 8.83. The third kappa shape index (κ3) is 4.58. The first-order valence-electron chi connectivity index (χ1n) is 11.2. The van der Waals surface area contributed by atoms with Crippen molar-refractivity contribution >= 4 is 17.5 Å². The molecule has 1 aromatic heterocycles. The number of amides is 2. The largest absolute Gasteiger partial charge is 0.351 e. The molecule has 1 aliphatic heterocycles. The fourth-order valence-corrected chi connectivity index (χ4v) is 4.63. The van der Waals surface area contributed by atoms with Crippen LogP contribution in [0.2, 0.25) is 0 Å². The van der Waals surface area contributed by atoms with Gasteiger partial charge < -0.3 is 14.7 Å². The van der Waals surface area contributed by atoms with E-state index in [0.717, 1.165) is 62.0 Å². The molecule has 1 saturated heterocycles. The van der Waals surface area contributed by atoms with Crippen LogP contribution in [0.4, 0.5) is 5.69 Å². The molecule has 0 unspecified atom stereocenters. The smallest absolute Gasteiger partial charge is 0.294 e. The normalized spacial score (nSPS) is 20.2. The lowest BCUT2D eigenvalue weighted by Gasteiger charge is -2.35. The Morgan fingerprint density at radius 1 is 1.03 bits per heavy atom. The minimum Gasteiger partial charge on any atom is -0.351 e. The van der Waals surface area contributed by atoms with Crippen molar-refractivity contribution < 1.29 is 14.1 Å². The van der Waals surface area contributed by atoms with E-state index in [1.807, 2.05) is 36.9 Å². The number of aryl methyl sites for hydroxylation is 2. The summed E-state index contributed by atoms with van der Waals surface area (Å²) in [6, 6.07) is 7.54. The van der Waals surface area contributed by atoms with Gasteiger partial charge in [0.2, 0.25) is 11.7 Å². The molecule has 2 aliphatic rings. The van der Waals surface area contributed by atoms with Crippen molar-refractivity contribution in [1.82, 2.24) is 10.1 Å². The van der Waals surface area contributed by atoms with E-state index < -0.39 is 0 Å². The molecule has 2 amide bonds. The third-order valence-electron chi connectivity index (χ3n) is 6.62.